The minimum absolute atomic E-state index is 0.0296. The van der Waals surface area contributed by atoms with E-state index in [1.165, 1.54) is 4.90 Å². The number of hydrogen-bond donors (Lipinski definition) is 6. The van der Waals surface area contributed by atoms with Crippen LogP contribution < -0.4 is 31.5 Å². The first kappa shape index (κ1) is 23.5. The number of rotatable bonds is 6. The molecule has 1 saturated heterocycles. The second-order valence-electron chi connectivity index (χ2n) is 7.44. The molecule has 0 aromatic carbocycles. The van der Waals surface area contributed by atoms with Crippen LogP contribution in [0.3, 0.4) is 0 Å². The molecule has 11 heteroatoms. The summed E-state index contributed by atoms with van der Waals surface area (Å²) in [7, 11) is 4.25. The molecule has 1 aliphatic heterocycles. The molecule has 2 rings (SSSR count). The van der Waals surface area contributed by atoms with E-state index in [1.807, 2.05) is 0 Å². The Balaban J connectivity index is 1.94. The van der Waals surface area contributed by atoms with Crippen LogP contribution in [0.25, 0.3) is 0 Å². The van der Waals surface area contributed by atoms with E-state index in [9.17, 15) is 0 Å². The maximum Gasteiger partial charge on any atom is 0.218 e. The lowest BCUT2D eigenvalue weighted by Crippen LogP contribution is -3.10. The number of quaternary nitrogens is 1. The monoisotopic (exact) mass is 469 g/mol. The van der Waals surface area contributed by atoms with E-state index in [0.29, 0.717) is 6.04 Å². The Bertz CT molecular complexity index is 437. The SMILES string of the molecule is CC(CNC1NC(NC2CCC(Cl)C(Cl)C2)NC(C(Cl)(Cl)Cl)N1)[NH+](C)C. The molecule has 0 aromatic heterocycles. The molecule has 0 radical (unpaired) electrons. The third-order valence-electron chi connectivity index (χ3n) is 5.04. The largest absolute Gasteiger partial charge is 0.337 e. The van der Waals surface area contributed by atoms with Gasteiger partial charge in [0.25, 0.3) is 0 Å². The lowest BCUT2D eigenvalue weighted by molar-refractivity contribution is -0.882. The molecule has 7 unspecified atom stereocenters. The first-order chi connectivity index (χ1) is 12.1. The molecule has 0 amide bonds. The van der Waals surface area contributed by atoms with E-state index in [2.05, 4.69) is 47.6 Å². The van der Waals surface area contributed by atoms with Gasteiger partial charge in [-0.2, -0.15) is 0 Å². The zero-order valence-electron chi connectivity index (χ0n) is 15.3. The lowest BCUT2D eigenvalue weighted by Gasteiger charge is -2.44. The number of alkyl halides is 5. The van der Waals surface area contributed by atoms with Crippen molar-refractivity contribution >= 4 is 58.0 Å². The Labute approximate surface area is 181 Å². The summed E-state index contributed by atoms with van der Waals surface area (Å²) < 4.78 is -1.48. The summed E-state index contributed by atoms with van der Waals surface area (Å²) >= 11 is 30.9. The van der Waals surface area contributed by atoms with Crippen LogP contribution in [-0.4, -0.2) is 66.0 Å². The van der Waals surface area contributed by atoms with Crippen LogP contribution in [0.4, 0.5) is 0 Å². The van der Waals surface area contributed by atoms with Crippen molar-refractivity contribution in [2.45, 2.75) is 71.6 Å². The van der Waals surface area contributed by atoms with Gasteiger partial charge >= 0.3 is 0 Å². The predicted octanol–water partition coefficient (Wildman–Crippen LogP) is 0.512. The van der Waals surface area contributed by atoms with Gasteiger partial charge in [0.2, 0.25) is 3.79 Å². The summed E-state index contributed by atoms with van der Waals surface area (Å²) in [6, 6.07) is 0.694. The van der Waals surface area contributed by atoms with Gasteiger partial charge < -0.3 is 4.90 Å². The summed E-state index contributed by atoms with van der Waals surface area (Å²) in [5.74, 6) is 0. The van der Waals surface area contributed by atoms with Crippen molar-refractivity contribution in [1.29, 1.82) is 0 Å². The molecule has 26 heavy (non-hydrogen) atoms. The van der Waals surface area contributed by atoms with Gasteiger partial charge in [-0.1, -0.05) is 34.8 Å². The van der Waals surface area contributed by atoms with Gasteiger partial charge in [0.15, 0.2) is 0 Å². The Morgan fingerprint density at radius 2 is 1.69 bits per heavy atom. The van der Waals surface area contributed by atoms with E-state index in [-0.39, 0.29) is 29.4 Å². The van der Waals surface area contributed by atoms with E-state index in [4.69, 9.17) is 58.0 Å². The average molecular weight is 472 g/mol. The molecule has 2 aliphatic rings. The normalized spacial score (nSPS) is 37.7. The molecule has 0 aromatic rings. The molecular weight excluding hydrogens is 441 g/mol. The van der Waals surface area contributed by atoms with Crippen molar-refractivity contribution in [1.82, 2.24) is 26.6 Å². The van der Waals surface area contributed by atoms with Crippen molar-refractivity contribution in [3.8, 4) is 0 Å². The van der Waals surface area contributed by atoms with E-state index in [0.717, 1.165) is 25.8 Å². The van der Waals surface area contributed by atoms with Crippen LogP contribution in [-0.2, 0) is 0 Å². The fourth-order valence-corrected chi connectivity index (χ4v) is 3.96. The van der Waals surface area contributed by atoms with Gasteiger partial charge in [0, 0.05) is 12.6 Å². The van der Waals surface area contributed by atoms with Crippen LogP contribution in [0.1, 0.15) is 26.2 Å². The molecule has 0 spiro atoms. The first-order valence-electron chi connectivity index (χ1n) is 8.98. The molecule has 1 saturated carbocycles. The van der Waals surface area contributed by atoms with Crippen molar-refractivity contribution in [3.63, 3.8) is 0 Å². The van der Waals surface area contributed by atoms with E-state index >= 15 is 0 Å². The van der Waals surface area contributed by atoms with Crippen LogP contribution in [0.5, 0.6) is 0 Å². The van der Waals surface area contributed by atoms with Gasteiger partial charge in [-0.15, -0.1) is 23.2 Å². The summed E-state index contributed by atoms with van der Waals surface area (Å²) in [6.07, 6.45) is 1.71. The van der Waals surface area contributed by atoms with Gasteiger partial charge in [-0.05, 0) is 26.2 Å². The second-order valence-corrected chi connectivity index (χ2v) is 10.9. The summed E-state index contributed by atoms with van der Waals surface area (Å²) in [4.78, 5) is 1.37. The maximum absolute atomic E-state index is 6.32. The molecule has 1 aliphatic carbocycles. The highest BCUT2D eigenvalue weighted by Crippen LogP contribution is 2.31. The predicted molar refractivity (Wildman–Crippen MR) is 111 cm³/mol. The molecule has 7 atom stereocenters. The third kappa shape index (κ3) is 7.23. The van der Waals surface area contributed by atoms with Crippen molar-refractivity contribution in [2.75, 3.05) is 20.6 Å². The van der Waals surface area contributed by atoms with Crippen molar-refractivity contribution in [3.05, 3.63) is 0 Å². The van der Waals surface area contributed by atoms with Crippen molar-refractivity contribution < 1.29 is 4.90 Å². The summed E-state index contributed by atoms with van der Waals surface area (Å²) in [6.45, 7) is 2.99. The zero-order chi connectivity index (χ0) is 19.5. The molecule has 154 valence electrons. The first-order valence-corrected chi connectivity index (χ1v) is 11.0. The Kier molecular flexibility index (Phi) is 9.31. The van der Waals surface area contributed by atoms with Crippen LogP contribution in [0.15, 0.2) is 0 Å². The van der Waals surface area contributed by atoms with Gasteiger partial charge in [0.05, 0.1) is 30.9 Å². The topological polar surface area (TPSA) is 64.6 Å². The standard InChI is InChI=1S/C15H29Cl5N6/c1-8(26(2)3)7-21-13-23-12(15(18,19)20)24-14(25-13)22-9-4-5-10(16)11(17)6-9/h8-14,21-25H,4-7H2,1-3H3/p+1. The molecule has 2 fully saturated rings. The van der Waals surface area contributed by atoms with Crippen molar-refractivity contribution in [2.24, 2.45) is 0 Å². The molecule has 6 N–H and O–H groups in total. The molecule has 1 heterocycles. The quantitative estimate of drug-likeness (QED) is 0.319. The average Bonchev–Trinajstić information content (AvgIpc) is 2.55. The highest BCUT2D eigenvalue weighted by atomic mass is 35.6. The third-order valence-corrected chi connectivity index (χ3v) is 6.82. The zero-order valence-corrected chi connectivity index (χ0v) is 19.0. The maximum atomic E-state index is 6.32. The van der Waals surface area contributed by atoms with Crippen LogP contribution >= 0.6 is 58.0 Å². The Morgan fingerprint density at radius 3 is 2.27 bits per heavy atom. The minimum atomic E-state index is -1.48. The van der Waals surface area contributed by atoms with Crippen LogP contribution in [0, 0.1) is 0 Å². The molecular formula is C15H30Cl5N6+. The fourth-order valence-electron chi connectivity index (χ4n) is 3.01. The summed E-state index contributed by atoms with van der Waals surface area (Å²) in [5, 5.41) is 16.9. The van der Waals surface area contributed by atoms with E-state index < -0.39 is 9.96 Å². The molecule has 6 nitrogen and oxygen atoms in total. The minimum Gasteiger partial charge on any atom is -0.337 e. The van der Waals surface area contributed by atoms with Crippen LogP contribution in [0.2, 0.25) is 0 Å². The molecule has 0 bridgehead atoms. The number of likely N-dealkylation sites (N-methyl/N-ethyl adjacent to an activating group) is 1. The Hall–Kier alpha value is 1.21. The smallest absolute Gasteiger partial charge is 0.218 e. The number of halogens is 5. The number of hydrogen-bond acceptors (Lipinski definition) is 5. The second kappa shape index (κ2) is 10.3. The highest BCUT2D eigenvalue weighted by molar-refractivity contribution is 6.68. The Morgan fingerprint density at radius 1 is 1.04 bits per heavy atom. The number of nitrogens with one attached hydrogen (secondary N) is 6. The van der Waals surface area contributed by atoms with Gasteiger partial charge in [0.1, 0.15) is 18.7 Å². The lowest BCUT2D eigenvalue weighted by atomic mass is 9.94. The summed E-state index contributed by atoms with van der Waals surface area (Å²) in [5.41, 5.74) is 0. The van der Waals surface area contributed by atoms with Gasteiger partial charge in [-0.3, -0.25) is 26.6 Å². The van der Waals surface area contributed by atoms with Gasteiger partial charge in [-0.25, -0.2) is 0 Å². The highest BCUT2D eigenvalue weighted by Gasteiger charge is 2.40. The van der Waals surface area contributed by atoms with E-state index in [1.54, 1.807) is 0 Å². The fraction of sp³-hybridized carbons (Fsp3) is 1.00.